The van der Waals surface area contributed by atoms with Gasteiger partial charge in [0.05, 0.1) is 11.4 Å². The van der Waals surface area contributed by atoms with Gasteiger partial charge in [-0.3, -0.25) is 4.99 Å². The lowest BCUT2D eigenvalue weighted by Gasteiger charge is -2.07. The van der Waals surface area contributed by atoms with Crippen LogP contribution >= 0.6 is 0 Å². The molecule has 7 heteroatoms. The van der Waals surface area contributed by atoms with Gasteiger partial charge in [-0.15, -0.1) is 0 Å². The van der Waals surface area contributed by atoms with E-state index in [9.17, 15) is 8.42 Å². The van der Waals surface area contributed by atoms with Crippen LogP contribution in [0.15, 0.2) is 58.4 Å². The van der Waals surface area contributed by atoms with E-state index in [4.69, 9.17) is 5.73 Å². The van der Waals surface area contributed by atoms with Gasteiger partial charge in [0.25, 0.3) is 0 Å². The smallest absolute Gasteiger partial charge is 0.240 e. The van der Waals surface area contributed by atoms with Crippen molar-refractivity contribution in [3.05, 3.63) is 59.7 Å². The van der Waals surface area contributed by atoms with Crippen molar-refractivity contribution in [2.24, 2.45) is 10.7 Å². The van der Waals surface area contributed by atoms with Crippen LogP contribution in [0.5, 0.6) is 0 Å². The largest absolute Gasteiger partial charge is 0.370 e. The first-order valence-electron chi connectivity index (χ1n) is 7.57. The molecule has 0 aromatic heterocycles. The Labute approximate surface area is 142 Å². The highest BCUT2D eigenvalue weighted by Gasteiger charge is 2.12. The molecule has 0 aliphatic carbocycles. The maximum Gasteiger partial charge on any atom is 0.240 e. The Hall–Kier alpha value is -2.38. The maximum absolute atomic E-state index is 12.1. The quantitative estimate of drug-likeness (QED) is 0.423. The molecule has 0 saturated carbocycles. The lowest BCUT2D eigenvalue weighted by Crippen LogP contribution is -2.28. The van der Waals surface area contributed by atoms with E-state index in [1.165, 1.54) is 0 Å². The molecule has 24 heavy (non-hydrogen) atoms. The Kier molecular flexibility index (Phi) is 5.94. The Morgan fingerprint density at radius 1 is 1.00 bits per heavy atom. The number of rotatable bonds is 6. The molecule has 6 nitrogen and oxygen atoms in total. The minimum Gasteiger partial charge on any atom is -0.370 e. The van der Waals surface area contributed by atoms with Crippen molar-refractivity contribution in [1.29, 1.82) is 0 Å². The monoisotopic (exact) mass is 346 g/mol. The molecule has 0 atom stereocenters. The first-order chi connectivity index (χ1) is 11.4. The van der Waals surface area contributed by atoms with Crippen LogP contribution in [0, 0.1) is 13.8 Å². The average Bonchev–Trinajstić information content (AvgIpc) is 2.54. The molecule has 0 saturated heterocycles. The van der Waals surface area contributed by atoms with Gasteiger partial charge >= 0.3 is 0 Å². The van der Waals surface area contributed by atoms with Crippen molar-refractivity contribution in [2.75, 3.05) is 18.4 Å². The minimum absolute atomic E-state index is 0.173. The minimum atomic E-state index is -3.52. The Balaban J connectivity index is 1.84. The zero-order chi connectivity index (χ0) is 17.6. The SMILES string of the molecule is Cc1ccc(NC(N)=NCCNS(=O)(=O)c2ccc(C)cc2)cc1. The molecule has 0 aliphatic heterocycles. The number of nitrogens with two attached hydrogens (primary N) is 1. The van der Waals surface area contributed by atoms with Gasteiger partial charge in [0, 0.05) is 12.2 Å². The molecule has 2 aromatic rings. The summed E-state index contributed by atoms with van der Waals surface area (Å²) in [4.78, 5) is 4.35. The Morgan fingerprint density at radius 2 is 1.54 bits per heavy atom. The normalized spacial score (nSPS) is 12.2. The van der Waals surface area contributed by atoms with Gasteiger partial charge < -0.3 is 11.1 Å². The fraction of sp³-hybridized carbons (Fsp3) is 0.235. The molecule has 0 bridgehead atoms. The summed E-state index contributed by atoms with van der Waals surface area (Å²) >= 11 is 0. The van der Waals surface area contributed by atoms with Gasteiger partial charge in [-0.25, -0.2) is 13.1 Å². The van der Waals surface area contributed by atoms with E-state index >= 15 is 0 Å². The fourth-order valence-electron chi connectivity index (χ4n) is 1.98. The molecular formula is C17H22N4O2S. The summed E-state index contributed by atoms with van der Waals surface area (Å²) in [6.07, 6.45) is 0. The second kappa shape index (κ2) is 7.94. The molecule has 2 aromatic carbocycles. The highest BCUT2D eigenvalue weighted by molar-refractivity contribution is 7.89. The fourth-order valence-corrected chi connectivity index (χ4v) is 3.00. The van der Waals surface area contributed by atoms with Crippen LogP contribution in [-0.2, 0) is 10.0 Å². The molecule has 0 spiro atoms. The van der Waals surface area contributed by atoms with Crippen LogP contribution in [0.3, 0.4) is 0 Å². The number of guanidine groups is 1. The number of hydrogen-bond acceptors (Lipinski definition) is 3. The maximum atomic E-state index is 12.1. The predicted octanol–water partition coefficient (Wildman–Crippen LogP) is 2.01. The molecule has 4 N–H and O–H groups in total. The van der Waals surface area contributed by atoms with Crippen molar-refractivity contribution >= 4 is 21.7 Å². The number of aryl methyl sites for hydroxylation is 2. The summed E-state index contributed by atoms with van der Waals surface area (Å²) in [6, 6.07) is 14.4. The van der Waals surface area contributed by atoms with E-state index in [1.807, 2.05) is 38.1 Å². The third-order valence-electron chi connectivity index (χ3n) is 3.34. The molecular weight excluding hydrogens is 324 g/mol. The second-order valence-electron chi connectivity index (χ2n) is 5.47. The van der Waals surface area contributed by atoms with Gasteiger partial charge in [-0.2, -0.15) is 0 Å². The Morgan fingerprint density at radius 3 is 2.12 bits per heavy atom. The van der Waals surface area contributed by atoms with E-state index in [2.05, 4.69) is 15.0 Å². The van der Waals surface area contributed by atoms with Crippen molar-refractivity contribution in [3.63, 3.8) is 0 Å². The summed E-state index contributed by atoms with van der Waals surface area (Å²) < 4.78 is 26.7. The lowest BCUT2D eigenvalue weighted by atomic mass is 10.2. The van der Waals surface area contributed by atoms with Crippen molar-refractivity contribution in [2.45, 2.75) is 18.7 Å². The number of nitrogens with zero attached hydrogens (tertiary/aromatic N) is 1. The van der Waals surface area contributed by atoms with Crippen LogP contribution in [0.2, 0.25) is 0 Å². The van der Waals surface area contributed by atoms with E-state index in [0.29, 0.717) is 0 Å². The Bertz CT molecular complexity index is 797. The molecule has 0 amide bonds. The van der Waals surface area contributed by atoms with E-state index in [0.717, 1.165) is 16.8 Å². The van der Waals surface area contributed by atoms with Crippen molar-refractivity contribution in [3.8, 4) is 0 Å². The summed E-state index contributed by atoms with van der Waals surface area (Å²) in [5, 5.41) is 2.96. The highest BCUT2D eigenvalue weighted by Crippen LogP contribution is 2.09. The molecule has 0 unspecified atom stereocenters. The van der Waals surface area contributed by atoms with Gasteiger partial charge in [0.15, 0.2) is 5.96 Å². The number of sulfonamides is 1. The molecule has 2 rings (SSSR count). The summed E-state index contributed by atoms with van der Waals surface area (Å²) in [7, 11) is -3.52. The second-order valence-corrected chi connectivity index (χ2v) is 7.24. The van der Waals surface area contributed by atoms with Gasteiger partial charge in [-0.1, -0.05) is 35.4 Å². The highest BCUT2D eigenvalue weighted by atomic mass is 32.2. The first kappa shape index (κ1) is 18.0. The summed E-state index contributed by atoms with van der Waals surface area (Å²) in [5.74, 6) is 0.244. The van der Waals surface area contributed by atoms with Crippen LogP contribution in [0.1, 0.15) is 11.1 Å². The van der Waals surface area contributed by atoms with Crippen molar-refractivity contribution in [1.82, 2.24) is 4.72 Å². The number of aliphatic imine (C=N–C) groups is 1. The van der Waals surface area contributed by atoms with Crippen LogP contribution < -0.4 is 15.8 Å². The number of hydrogen-bond donors (Lipinski definition) is 3. The van der Waals surface area contributed by atoms with Gasteiger partial charge in [-0.05, 0) is 38.1 Å². The van der Waals surface area contributed by atoms with Crippen LogP contribution in [-0.4, -0.2) is 27.5 Å². The first-order valence-corrected chi connectivity index (χ1v) is 9.05. The van der Waals surface area contributed by atoms with Crippen LogP contribution in [0.25, 0.3) is 0 Å². The number of nitrogens with one attached hydrogen (secondary N) is 2. The van der Waals surface area contributed by atoms with Crippen molar-refractivity contribution < 1.29 is 8.42 Å². The summed E-state index contributed by atoms with van der Waals surface area (Å²) in [5.41, 5.74) is 8.78. The van der Waals surface area contributed by atoms with E-state index in [1.54, 1.807) is 24.3 Å². The topological polar surface area (TPSA) is 96.6 Å². The van der Waals surface area contributed by atoms with Crippen LogP contribution in [0.4, 0.5) is 5.69 Å². The molecule has 0 radical (unpaired) electrons. The molecule has 0 aliphatic rings. The van der Waals surface area contributed by atoms with E-state index in [-0.39, 0.29) is 23.9 Å². The number of anilines is 1. The van der Waals surface area contributed by atoms with Gasteiger partial charge in [0.1, 0.15) is 0 Å². The average molecular weight is 346 g/mol. The molecule has 128 valence electrons. The number of benzene rings is 2. The standard InChI is InChI=1S/C17H22N4O2S/c1-13-3-7-15(8-4-13)21-17(18)19-11-12-20-24(22,23)16-9-5-14(2)6-10-16/h3-10,20H,11-12H2,1-2H3,(H3,18,19,21). The lowest BCUT2D eigenvalue weighted by molar-refractivity contribution is 0.582. The van der Waals surface area contributed by atoms with Gasteiger partial charge in [0.2, 0.25) is 10.0 Å². The zero-order valence-corrected chi connectivity index (χ0v) is 14.6. The molecule has 0 heterocycles. The third-order valence-corrected chi connectivity index (χ3v) is 4.82. The molecule has 0 fully saturated rings. The predicted molar refractivity (Wildman–Crippen MR) is 97.7 cm³/mol. The zero-order valence-electron chi connectivity index (χ0n) is 13.8. The third kappa shape index (κ3) is 5.36. The summed E-state index contributed by atoms with van der Waals surface area (Å²) in [6.45, 7) is 4.33. The van der Waals surface area contributed by atoms with E-state index < -0.39 is 10.0 Å².